The fourth-order valence-electron chi connectivity index (χ4n) is 3.79. The van der Waals surface area contributed by atoms with Gasteiger partial charge in [-0.2, -0.15) is 0 Å². The molecule has 3 aromatic rings. The van der Waals surface area contributed by atoms with Crippen molar-refractivity contribution in [2.45, 2.75) is 18.9 Å². The molecule has 0 spiro atoms. The zero-order valence-corrected chi connectivity index (χ0v) is 17.6. The van der Waals surface area contributed by atoms with E-state index in [0.717, 1.165) is 22.6 Å². The van der Waals surface area contributed by atoms with Gasteiger partial charge in [-0.15, -0.1) is 0 Å². The molecule has 0 aliphatic carbocycles. The summed E-state index contributed by atoms with van der Waals surface area (Å²) < 4.78 is 12.0. The van der Waals surface area contributed by atoms with Crippen molar-refractivity contribution >= 4 is 23.2 Å². The molecule has 0 bridgehead atoms. The minimum Gasteiger partial charge on any atom is -0.494 e. The van der Waals surface area contributed by atoms with E-state index in [9.17, 15) is 4.79 Å². The van der Waals surface area contributed by atoms with Crippen LogP contribution in [-0.2, 0) is 15.1 Å². The van der Waals surface area contributed by atoms with Crippen LogP contribution in [0.2, 0.25) is 5.02 Å². The highest BCUT2D eigenvalue weighted by Crippen LogP contribution is 2.42. The second kappa shape index (κ2) is 8.90. The number of anilines is 1. The second-order valence-corrected chi connectivity index (χ2v) is 7.85. The molecule has 4 nitrogen and oxygen atoms in total. The molecule has 1 amide bonds. The van der Waals surface area contributed by atoms with Crippen molar-refractivity contribution in [3.8, 4) is 5.75 Å². The van der Waals surface area contributed by atoms with Crippen LogP contribution in [0.4, 0.5) is 5.69 Å². The van der Waals surface area contributed by atoms with Gasteiger partial charge in [-0.3, -0.25) is 4.79 Å². The Hall–Kier alpha value is -2.82. The minimum absolute atomic E-state index is 0.00274. The summed E-state index contributed by atoms with van der Waals surface area (Å²) in [5.41, 5.74) is 1.92. The van der Waals surface area contributed by atoms with Gasteiger partial charge in [0.1, 0.15) is 18.0 Å². The topological polar surface area (TPSA) is 38.8 Å². The van der Waals surface area contributed by atoms with Crippen LogP contribution >= 0.6 is 11.6 Å². The Morgan fingerprint density at radius 1 is 1.03 bits per heavy atom. The van der Waals surface area contributed by atoms with Gasteiger partial charge in [0.2, 0.25) is 0 Å². The third-order valence-electron chi connectivity index (χ3n) is 5.41. The summed E-state index contributed by atoms with van der Waals surface area (Å²) in [6.07, 6.45) is 0.699. The Morgan fingerprint density at radius 2 is 1.73 bits per heavy atom. The summed E-state index contributed by atoms with van der Waals surface area (Å²) in [7, 11) is 0. The largest absolute Gasteiger partial charge is 0.494 e. The number of carbonyl (C=O) groups is 1. The summed E-state index contributed by atoms with van der Waals surface area (Å²) in [5, 5.41) is 0.612. The van der Waals surface area contributed by atoms with Gasteiger partial charge in [0, 0.05) is 17.1 Å². The fraction of sp³-hybridized carbons (Fsp3) is 0.240. The van der Waals surface area contributed by atoms with E-state index in [1.807, 2.05) is 85.8 Å². The van der Waals surface area contributed by atoms with E-state index in [-0.39, 0.29) is 12.5 Å². The predicted molar refractivity (Wildman–Crippen MR) is 119 cm³/mol. The standard InChI is InChI=1S/C25H24ClNO3/c1-25(19-9-4-2-5-10-19)22-17-20(26)13-14-23(22)27(24(28)18-30-25)15-8-16-29-21-11-6-3-7-12-21/h2-7,9-14,17H,8,15-16,18H2,1H3. The zero-order chi connectivity index (χ0) is 21.0. The Kier molecular flexibility index (Phi) is 6.07. The van der Waals surface area contributed by atoms with Crippen LogP contribution in [0, 0.1) is 0 Å². The van der Waals surface area contributed by atoms with Crippen LogP contribution in [0.15, 0.2) is 78.9 Å². The van der Waals surface area contributed by atoms with Crippen molar-refractivity contribution in [3.63, 3.8) is 0 Å². The number of fused-ring (bicyclic) bond motifs is 1. The Labute approximate surface area is 182 Å². The average Bonchev–Trinajstić information content (AvgIpc) is 2.88. The molecule has 1 heterocycles. The van der Waals surface area contributed by atoms with Gasteiger partial charge in [-0.1, -0.05) is 60.1 Å². The molecule has 0 N–H and O–H groups in total. The lowest BCUT2D eigenvalue weighted by Gasteiger charge is -2.31. The number of hydrogen-bond donors (Lipinski definition) is 0. The number of amides is 1. The molecule has 30 heavy (non-hydrogen) atoms. The van der Waals surface area contributed by atoms with Gasteiger partial charge < -0.3 is 14.4 Å². The van der Waals surface area contributed by atoms with E-state index >= 15 is 0 Å². The monoisotopic (exact) mass is 421 g/mol. The van der Waals surface area contributed by atoms with E-state index in [4.69, 9.17) is 21.1 Å². The highest BCUT2D eigenvalue weighted by atomic mass is 35.5. The van der Waals surface area contributed by atoms with Crippen LogP contribution in [0.3, 0.4) is 0 Å². The number of hydrogen-bond acceptors (Lipinski definition) is 3. The molecule has 5 heteroatoms. The van der Waals surface area contributed by atoms with Gasteiger partial charge >= 0.3 is 0 Å². The molecule has 1 aliphatic heterocycles. The number of para-hydroxylation sites is 1. The molecule has 0 radical (unpaired) electrons. The first-order valence-electron chi connectivity index (χ1n) is 10.1. The maximum absolute atomic E-state index is 13.0. The van der Waals surface area contributed by atoms with Gasteiger partial charge in [0.25, 0.3) is 5.91 Å². The van der Waals surface area contributed by atoms with Crippen LogP contribution in [0.5, 0.6) is 5.75 Å². The zero-order valence-electron chi connectivity index (χ0n) is 16.9. The SMILES string of the molecule is CC1(c2ccccc2)OCC(=O)N(CCCOc2ccccc2)c2ccc(Cl)cc21. The van der Waals surface area contributed by atoms with Gasteiger partial charge in [0.15, 0.2) is 0 Å². The van der Waals surface area contributed by atoms with E-state index in [0.29, 0.717) is 24.6 Å². The molecule has 1 atom stereocenters. The molecular weight excluding hydrogens is 398 g/mol. The van der Waals surface area contributed by atoms with Gasteiger partial charge in [-0.05, 0) is 49.2 Å². The summed E-state index contributed by atoms with van der Waals surface area (Å²) in [5.74, 6) is 0.754. The predicted octanol–water partition coefficient (Wildman–Crippen LogP) is 5.44. The first-order valence-corrected chi connectivity index (χ1v) is 10.4. The molecule has 4 rings (SSSR count). The Morgan fingerprint density at radius 3 is 2.47 bits per heavy atom. The molecule has 0 aromatic heterocycles. The Balaban J connectivity index is 1.59. The van der Waals surface area contributed by atoms with E-state index < -0.39 is 5.60 Å². The lowest BCUT2D eigenvalue weighted by Crippen LogP contribution is -2.34. The highest BCUT2D eigenvalue weighted by molar-refractivity contribution is 6.30. The van der Waals surface area contributed by atoms with E-state index in [2.05, 4.69) is 0 Å². The molecule has 0 saturated carbocycles. The van der Waals surface area contributed by atoms with Crippen molar-refractivity contribution in [2.75, 3.05) is 24.7 Å². The van der Waals surface area contributed by atoms with E-state index in [1.54, 1.807) is 4.90 Å². The summed E-state index contributed by atoms with van der Waals surface area (Å²) in [6.45, 7) is 3.05. The molecule has 0 saturated heterocycles. The van der Waals surface area contributed by atoms with Gasteiger partial charge in [0.05, 0.1) is 12.3 Å². The van der Waals surface area contributed by atoms with Crippen molar-refractivity contribution in [1.82, 2.24) is 0 Å². The molecular formula is C25H24ClNO3. The molecule has 1 aliphatic rings. The fourth-order valence-corrected chi connectivity index (χ4v) is 3.96. The van der Waals surface area contributed by atoms with Crippen LogP contribution in [0.1, 0.15) is 24.5 Å². The number of benzene rings is 3. The quantitative estimate of drug-likeness (QED) is 0.498. The molecule has 3 aromatic carbocycles. The number of ether oxygens (including phenoxy) is 2. The first kappa shape index (κ1) is 20.5. The van der Waals surface area contributed by atoms with Crippen molar-refractivity contribution in [3.05, 3.63) is 95.0 Å². The average molecular weight is 422 g/mol. The maximum atomic E-state index is 13.0. The van der Waals surface area contributed by atoms with Crippen molar-refractivity contribution < 1.29 is 14.3 Å². The number of carbonyl (C=O) groups excluding carboxylic acids is 1. The van der Waals surface area contributed by atoms with Crippen molar-refractivity contribution in [2.24, 2.45) is 0 Å². The van der Waals surface area contributed by atoms with Crippen LogP contribution in [0.25, 0.3) is 0 Å². The highest BCUT2D eigenvalue weighted by Gasteiger charge is 2.38. The van der Waals surface area contributed by atoms with Crippen LogP contribution < -0.4 is 9.64 Å². The Bertz CT molecular complexity index is 1010. The normalized spacial score (nSPS) is 18.6. The third kappa shape index (κ3) is 4.20. The minimum atomic E-state index is -0.771. The molecule has 154 valence electrons. The number of halogens is 1. The lowest BCUT2D eigenvalue weighted by molar-refractivity contribution is -0.126. The number of rotatable bonds is 6. The third-order valence-corrected chi connectivity index (χ3v) is 5.65. The van der Waals surface area contributed by atoms with Crippen molar-refractivity contribution in [1.29, 1.82) is 0 Å². The lowest BCUT2D eigenvalue weighted by atomic mass is 9.86. The number of nitrogens with zero attached hydrogens (tertiary/aromatic N) is 1. The van der Waals surface area contributed by atoms with E-state index in [1.165, 1.54) is 0 Å². The first-order chi connectivity index (χ1) is 14.6. The van der Waals surface area contributed by atoms with Crippen LogP contribution in [-0.4, -0.2) is 25.7 Å². The summed E-state index contributed by atoms with van der Waals surface area (Å²) >= 11 is 6.34. The summed E-state index contributed by atoms with van der Waals surface area (Å²) in [6, 6.07) is 25.2. The van der Waals surface area contributed by atoms with Gasteiger partial charge in [-0.25, -0.2) is 0 Å². The maximum Gasteiger partial charge on any atom is 0.253 e. The second-order valence-electron chi connectivity index (χ2n) is 7.41. The molecule has 1 unspecified atom stereocenters. The molecule has 0 fully saturated rings. The smallest absolute Gasteiger partial charge is 0.253 e. The summed E-state index contributed by atoms with van der Waals surface area (Å²) in [4.78, 5) is 14.8.